The predicted octanol–water partition coefficient (Wildman–Crippen LogP) is 3.24. The van der Waals surface area contributed by atoms with Gasteiger partial charge < -0.3 is 14.9 Å². The highest BCUT2D eigenvalue weighted by Crippen LogP contribution is 2.37. The molecule has 0 radical (unpaired) electrons. The molecule has 10 heteroatoms. The van der Waals surface area contributed by atoms with Crippen molar-refractivity contribution in [1.29, 1.82) is 0 Å². The van der Waals surface area contributed by atoms with Gasteiger partial charge in [-0.1, -0.05) is 43.3 Å². The van der Waals surface area contributed by atoms with Crippen LogP contribution in [0.15, 0.2) is 68.7 Å². The first-order valence-electron chi connectivity index (χ1n) is 10.2. The van der Waals surface area contributed by atoms with Gasteiger partial charge in [0.1, 0.15) is 16.7 Å². The maximum atomic E-state index is 13.4. The van der Waals surface area contributed by atoms with Crippen molar-refractivity contribution in [2.45, 2.75) is 30.7 Å². The molecule has 0 saturated heterocycles. The number of aromatic nitrogens is 2. The fraction of sp³-hybridized carbons (Fsp3) is 0.217. The normalized spacial score (nSPS) is 13.7. The summed E-state index contributed by atoms with van der Waals surface area (Å²) in [7, 11) is -2.76. The molecule has 0 spiro atoms. The number of anilines is 1. The highest BCUT2D eigenvalue weighted by Gasteiger charge is 2.33. The average Bonchev–Trinajstić information content (AvgIpc) is 3.22. The number of nitrogens with zero attached hydrogens (tertiary/aromatic N) is 1. The first kappa shape index (κ1) is 22.6. The maximum Gasteiger partial charge on any atom is 0.434 e. The largest absolute Gasteiger partial charge is 0.495 e. The third kappa shape index (κ3) is 4.35. The lowest BCUT2D eigenvalue weighted by molar-refractivity contribution is 0.380. The first-order valence-corrected chi connectivity index (χ1v) is 11.7. The number of aromatic amines is 1. The fourth-order valence-corrected chi connectivity index (χ4v) is 5.42. The summed E-state index contributed by atoms with van der Waals surface area (Å²) in [6, 6.07) is 15.0. The van der Waals surface area contributed by atoms with Crippen LogP contribution in [-0.2, 0) is 10.0 Å². The highest BCUT2D eigenvalue weighted by atomic mass is 32.2. The van der Waals surface area contributed by atoms with E-state index in [2.05, 4.69) is 14.9 Å². The lowest BCUT2D eigenvalue weighted by Gasteiger charge is -2.24. The second-order valence-electron chi connectivity index (χ2n) is 7.77. The number of rotatable bonds is 7. The Bertz CT molecular complexity index is 1470. The summed E-state index contributed by atoms with van der Waals surface area (Å²) in [5.74, 6) is -1.20. The van der Waals surface area contributed by atoms with Gasteiger partial charge in [0, 0.05) is 17.7 Å². The molecule has 172 valence electrons. The molecule has 0 saturated carbocycles. The van der Waals surface area contributed by atoms with Crippen LogP contribution >= 0.6 is 0 Å². The summed E-state index contributed by atoms with van der Waals surface area (Å²) in [6.45, 7) is 3.84. The van der Waals surface area contributed by atoms with E-state index < -0.39 is 27.7 Å². The molecule has 0 amide bonds. The number of ether oxygens (including phenoxy) is 1. The summed E-state index contributed by atoms with van der Waals surface area (Å²) >= 11 is 0. The maximum absolute atomic E-state index is 13.4. The van der Waals surface area contributed by atoms with Gasteiger partial charge in [-0.05, 0) is 41.0 Å². The average molecular weight is 469 g/mol. The van der Waals surface area contributed by atoms with Gasteiger partial charge in [0.05, 0.1) is 7.11 Å². The molecule has 1 heterocycles. The van der Waals surface area contributed by atoms with Crippen LogP contribution in [0.2, 0.25) is 0 Å². The Balaban J connectivity index is 1.83. The summed E-state index contributed by atoms with van der Waals surface area (Å²) in [5.41, 5.74) is 8.06. The quantitative estimate of drug-likeness (QED) is 0.354. The van der Waals surface area contributed by atoms with E-state index >= 15 is 0 Å². The fourth-order valence-electron chi connectivity index (χ4n) is 4.00. The number of aryl methyl sites for hydroxylation is 1. The van der Waals surface area contributed by atoms with Gasteiger partial charge in [-0.2, -0.15) is 4.72 Å². The van der Waals surface area contributed by atoms with E-state index in [0.717, 1.165) is 21.9 Å². The monoisotopic (exact) mass is 468 g/mol. The molecule has 1 aromatic heterocycles. The molecule has 0 fully saturated rings. The molecule has 0 bridgehead atoms. The number of H-pyrrole nitrogens is 1. The number of nitrogens with two attached hydrogens (primary N) is 1. The van der Waals surface area contributed by atoms with Crippen LogP contribution in [0.4, 0.5) is 5.69 Å². The van der Waals surface area contributed by atoms with Crippen LogP contribution in [0.5, 0.6) is 5.75 Å². The standard InChI is InChI=1S/C23H24N4O5S/c1-13-6-4-7-15-8-5-9-17(20(13)15)14(2)21(22-25-26-23(28)32-22)27-33(29,30)19-11-10-16(24)12-18(19)31-3/h4-12,14,21,27H,24H2,1-3H3,(H,26,28). The van der Waals surface area contributed by atoms with Crippen LogP contribution in [0.25, 0.3) is 10.8 Å². The number of benzene rings is 3. The van der Waals surface area contributed by atoms with Crippen molar-refractivity contribution in [1.82, 2.24) is 14.9 Å². The third-order valence-electron chi connectivity index (χ3n) is 5.62. The minimum absolute atomic E-state index is 0.0731. The van der Waals surface area contributed by atoms with Gasteiger partial charge in [-0.25, -0.2) is 18.3 Å². The SMILES string of the molecule is COc1cc(N)ccc1S(=O)(=O)NC(c1n[nH]c(=O)o1)C(C)c1cccc2cccc(C)c12. The van der Waals surface area contributed by atoms with Crippen LogP contribution < -0.4 is 20.9 Å². The van der Waals surface area contributed by atoms with Crippen molar-refractivity contribution in [3.63, 3.8) is 0 Å². The number of nitrogens with one attached hydrogen (secondary N) is 2. The molecule has 2 atom stereocenters. The van der Waals surface area contributed by atoms with Crippen LogP contribution in [-0.4, -0.2) is 25.7 Å². The Morgan fingerprint density at radius 3 is 2.55 bits per heavy atom. The Morgan fingerprint density at radius 2 is 1.88 bits per heavy atom. The first-order chi connectivity index (χ1) is 15.7. The van der Waals surface area contributed by atoms with Gasteiger partial charge in [0.15, 0.2) is 0 Å². The molecule has 0 aliphatic heterocycles. The Kier molecular flexibility index (Phi) is 5.96. The number of sulfonamides is 1. The molecule has 33 heavy (non-hydrogen) atoms. The van der Waals surface area contributed by atoms with Gasteiger partial charge >= 0.3 is 5.76 Å². The van der Waals surface area contributed by atoms with Crippen LogP contribution in [0, 0.1) is 6.92 Å². The van der Waals surface area contributed by atoms with E-state index in [1.165, 1.54) is 25.3 Å². The van der Waals surface area contributed by atoms with E-state index in [-0.39, 0.29) is 16.5 Å². The summed E-state index contributed by atoms with van der Waals surface area (Å²) in [6.07, 6.45) is 0. The Morgan fingerprint density at radius 1 is 1.15 bits per heavy atom. The Hall–Kier alpha value is -3.63. The summed E-state index contributed by atoms with van der Waals surface area (Å²) in [5, 5.41) is 8.15. The van der Waals surface area contributed by atoms with Crippen molar-refractivity contribution in [3.05, 3.63) is 82.2 Å². The topological polar surface area (TPSA) is 140 Å². The van der Waals surface area contributed by atoms with E-state index in [4.69, 9.17) is 14.9 Å². The van der Waals surface area contributed by atoms with Gasteiger partial charge in [0.2, 0.25) is 15.9 Å². The third-order valence-corrected chi connectivity index (χ3v) is 7.10. The number of nitrogen functional groups attached to an aromatic ring is 1. The highest BCUT2D eigenvalue weighted by molar-refractivity contribution is 7.89. The van der Waals surface area contributed by atoms with Crippen molar-refractivity contribution in [2.75, 3.05) is 12.8 Å². The van der Waals surface area contributed by atoms with Crippen molar-refractivity contribution in [2.24, 2.45) is 0 Å². The zero-order valence-corrected chi connectivity index (χ0v) is 19.1. The molecule has 3 aromatic carbocycles. The molecule has 4 aromatic rings. The number of fused-ring (bicyclic) bond motifs is 1. The minimum Gasteiger partial charge on any atom is -0.495 e. The lowest BCUT2D eigenvalue weighted by atomic mass is 9.88. The molecule has 4 N–H and O–H groups in total. The van der Waals surface area contributed by atoms with E-state index in [1.54, 1.807) is 0 Å². The zero-order chi connectivity index (χ0) is 23.8. The smallest absolute Gasteiger partial charge is 0.434 e. The molecular formula is C23H24N4O5S. The molecule has 0 aliphatic carbocycles. The molecule has 2 unspecified atom stereocenters. The Labute approximate surface area is 190 Å². The number of hydrogen-bond donors (Lipinski definition) is 3. The molecule has 9 nitrogen and oxygen atoms in total. The van der Waals surface area contributed by atoms with E-state index in [9.17, 15) is 13.2 Å². The molecular weight excluding hydrogens is 444 g/mol. The number of hydrogen-bond acceptors (Lipinski definition) is 7. The van der Waals surface area contributed by atoms with Gasteiger partial charge in [0.25, 0.3) is 0 Å². The van der Waals surface area contributed by atoms with Crippen molar-refractivity contribution in [3.8, 4) is 5.75 Å². The predicted molar refractivity (Wildman–Crippen MR) is 125 cm³/mol. The van der Waals surface area contributed by atoms with E-state index in [1.807, 2.05) is 50.2 Å². The van der Waals surface area contributed by atoms with Crippen molar-refractivity contribution >= 4 is 26.5 Å². The van der Waals surface area contributed by atoms with E-state index in [0.29, 0.717) is 5.69 Å². The zero-order valence-electron chi connectivity index (χ0n) is 18.3. The van der Waals surface area contributed by atoms with Crippen LogP contribution in [0.1, 0.15) is 35.9 Å². The molecule has 4 rings (SSSR count). The minimum atomic E-state index is -4.12. The summed E-state index contributed by atoms with van der Waals surface area (Å²) in [4.78, 5) is 11.6. The molecule has 0 aliphatic rings. The van der Waals surface area contributed by atoms with Crippen molar-refractivity contribution < 1.29 is 17.6 Å². The summed E-state index contributed by atoms with van der Waals surface area (Å²) < 4.78 is 39.8. The lowest BCUT2D eigenvalue weighted by Crippen LogP contribution is -2.32. The van der Waals surface area contributed by atoms with Crippen LogP contribution in [0.3, 0.4) is 0 Å². The number of methoxy groups -OCH3 is 1. The van der Waals surface area contributed by atoms with Gasteiger partial charge in [-0.15, -0.1) is 5.10 Å². The second kappa shape index (κ2) is 8.72. The second-order valence-corrected chi connectivity index (χ2v) is 9.45. The van der Waals surface area contributed by atoms with Gasteiger partial charge in [-0.3, -0.25) is 0 Å².